The van der Waals surface area contributed by atoms with Gasteiger partial charge in [-0.2, -0.15) is 0 Å². The predicted molar refractivity (Wildman–Crippen MR) is 93.3 cm³/mol. The summed E-state index contributed by atoms with van der Waals surface area (Å²) in [6, 6.07) is 9.70. The quantitative estimate of drug-likeness (QED) is 0.370. The maximum atomic E-state index is 12.5. The van der Waals surface area contributed by atoms with Gasteiger partial charge in [0.05, 0.1) is 19.7 Å². The molecule has 1 rings (SSSR count). The van der Waals surface area contributed by atoms with Crippen molar-refractivity contribution in [3.8, 4) is 0 Å². The molecule has 0 saturated heterocycles. The summed E-state index contributed by atoms with van der Waals surface area (Å²) >= 11 is 0. The minimum atomic E-state index is -0.252. The van der Waals surface area contributed by atoms with E-state index in [0.717, 1.165) is 38.2 Å². The van der Waals surface area contributed by atoms with Crippen molar-refractivity contribution >= 4 is 5.97 Å². The van der Waals surface area contributed by atoms with Crippen molar-refractivity contribution in [1.29, 1.82) is 0 Å². The average molecular weight is 393 g/mol. The van der Waals surface area contributed by atoms with Crippen LogP contribution in [0.5, 0.6) is 0 Å². The number of rotatable bonds is 11. The van der Waals surface area contributed by atoms with Gasteiger partial charge in [-0.25, -0.2) is 4.79 Å². The third-order valence-corrected chi connectivity index (χ3v) is 4.25. The van der Waals surface area contributed by atoms with Gasteiger partial charge >= 0.3 is 5.97 Å². The molecule has 0 fully saturated rings. The highest BCUT2D eigenvalue weighted by molar-refractivity contribution is 5.75. The van der Waals surface area contributed by atoms with Crippen LogP contribution < -0.4 is 35.0 Å². The normalized spacial score (nSPS) is 11.6. The number of ether oxygens (including phenoxy) is 1. The van der Waals surface area contributed by atoms with Gasteiger partial charge < -0.3 is 39.8 Å². The number of likely N-dealkylation sites (N-methyl/N-ethyl adjacent to an activating group) is 1. The fourth-order valence-corrected chi connectivity index (χ4v) is 2.57. The Bertz CT molecular complexity index is 440. The zero-order valence-corrected chi connectivity index (χ0v) is 17.4. The molecule has 0 spiro atoms. The minimum absolute atomic E-state index is 0. The van der Waals surface area contributed by atoms with Crippen LogP contribution in [0.3, 0.4) is 0 Å². The van der Waals surface area contributed by atoms with E-state index >= 15 is 0 Å². The molecule has 3 N–H and O–H groups in total. The molecular weight excluding hydrogens is 359 g/mol. The van der Waals surface area contributed by atoms with Crippen LogP contribution >= 0.6 is 0 Å². The van der Waals surface area contributed by atoms with Crippen molar-refractivity contribution in [3.63, 3.8) is 0 Å². The monoisotopic (exact) mass is 392 g/mol. The SMILES string of the molecule is CC[NH+](CC)CC[NH2+]C(C(=O)OCCC(C)C)c1ccccc1.[Cl-].[Cl-]. The largest absolute Gasteiger partial charge is 1.00 e. The van der Waals surface area contributed by atoms with Gasteiger partial charge in [0, 0.05) is 5.56 Å². The standard InChI is InChI=1S/C19H32N2O2.2ClH/c1-5-21(6-2)14-13-20-18(17-10-8-7-9-11-17)19(22)23-15-12-16(3)4;;/h7-11,16,18,20H,5-6,12-15H2,1-4H3;2*1H. The summed E-state index contributed by atoms with van der Waals surface area (Å²) in [6.07, 6.45) is 0.914. The zero-order valence-electron chi connectivity index (χ0n) is 15.9. The molecule has 0 saturated carbocycles. The number of benzene rings is 1. The second-order valence-electron chi connectivity index (χ2n) is 6.47. The van der Waals surface area contributed by atoms with E-state index < -0.39 is 0 Å². The molecule has 0 aliphatic rings. The summed E-state index contributed by atoms with van der Waals surface area (Å²) < 4.78 is 5.50. The van der Waals surface area contributed by atoms with Crippen LogP contribution in [0.15, 0.2) is 30.3 Å². The number of hydrogen-bond acceptors (Lipinski definition) is 2. The Balaban J connectivity index is 0. The van der Waals surface area contributed by atoms with E-state index in [1.807, 2.05) is 30.3 Å². The van der Waals surface area contributed by atoms with Crippen molar-refractivity contribution in [1.82, 2.24) is 0 Å². The summed E-state index contributed by atoms with van der Waals surface area (Å²) in [4.78, 5) is 14.0. The molecule has 0 aliphatic heterocycles. The lowest BCUT2D eigenvalue weighted by atomic mass is 10.1. The Kier molecular flexibility index (Phi) is 16.3. The Labute approximate surface area is 165 Å². The second kappa shape index (κ2) is 15.4. The molecule has 1 aromatic carbocycles. The number of esters is 1. The lowest BCUT2D eigenvalue weighted by Gasteiger charge is -2.18. The van der Waals surface area contributed by atoms with Crippen LogP contribution in [0.25, 0.3) is 0 Å². The highest BCUT2D eigenvalue weighted by atomic mass is 35.5. The van der Waals surface area contributed by atoms with Crippen LogP contribution in [-0.2, 0) is 9.53 Å². The number of carbonyl (C=O) groups is 1. The second-order valence-corrected chi connectivity index (χ2v) is 6.47. The third-order valence-electron chi connectivity index (χ3n) is 4.25. The number of halogens is 2. The van der Waals surface area contributed by atoms with E-state index in [1.54, 1.807) is 4.90 Å². The van der Waals surface area contributed by atoms with Gasteiger partial charge in [-0.15, -0.1) is 0 Å². The molecule has 1 atom stereocenters. The van der Waals surface area contributed by atoms with Crippen LogP contribution in [0.1, 0.15) is 45.7 Å². The number of hydrogen-bond donors (Lipinski definition) is 2. The first kappa shape index (κ1) is 26.4. The van der Waals surface area contributed by atoms with Gasteiger partial charge in [-0.3, -0.25) is 0 Å². The maximum Gasteiger partial charge on any atom is 0.369 e. The zero-order chi connectivity index (χ0) is 17.1. The van der Waals surface area contributed by atoms with Crippen molar-refractivity contribution in [2.24, 2.45) is 5.92 Å². The Morgan fingerprint density at radius 3 is 2.24 bits per heavy atom. The van der Waals surface area contributed by atoms with E-state index in [2.05, 4.69) is 33.0 Å². The van der Waals surface area contributed by atoms with E-state index in [0.29, 0.717) is 12.5 Å². The predicted octanol–water partition coefficient (Wildman–Crippen LogP) is -5.19. The first-order chi connectivity index (χ1) is 11.1. The van der Waals surface area contributed by atoms with Gasteiger partial charge in [-0.05, 0) is 26.2 Å². The summed E-state index contributed by atoms with van der Waals surface area (Å²) in [5.74, 6) is 0.430. The van der Waals surface area contributed by atoms with Gasteiger partial charge in [0.1, 0.15) is 13.1 Å². The number of nitrogens with one attached hydrogen (secondary N) is 1. The molecule has 0 radical (unpaired) electrons. The van der Waals surface area contributed by atoms with Crippen LogP contribution in [0.4, 0.5) is 0 Å². The molecular formula is C19H34Cl2N2O2. The van der Waals surface area contributed by atoms with Crippen molar-refractivity contribution < 1.29 is 44.6 Å². The highest BCUT2D eigenvalue weighted by Gasteiger charge is 2.25. The van der Waals surface area contributed by atoms with E-state index in [4.69, 9.17) is 4.74 Å². The molecule has 6 heteroatoms. The van der Waals surface area contributed by atoms with Crippen molar-refractivity contribution in [2.45, 2.75) is 40.2 Å². The maximum absolute atomic E-state index is 12.5. The molecule has 0 heterocycles. The summed E-state index contributed by atoms with van der Waals surface area (Å²) in [5, 5.41) is 2.12. The molecule has 146 valence electrons. The molecule has 1 unspecified atom stereocenters. The van der Waals surface area contributed by atoms with Crippen molar-refractivity contribution in [3.05, 3.63) is 35.9 Å². The topological polar surface area (TPSA) is 47.4 Å². The number of quaternary nitrogens is 2. The number of carbonyl (C=O) groups excluding carboxylic acids is 1. The Morgan fingerprint density at radius 1 is 1.12 bits per heavy atom. The summed E-state index contributed by atoms with van der Waals surface area (Å²) in [7, 11) is 0. The number of nitrogens with two attached hydrogens (primary N) is 1. The molecule has 0 aliphatic carbocycles. The molecule has 1 aromatic rings. The van der Waals surface area contributed by atoms with Gasteiger partial charge in [0.2, 0.25) is 6.04 Å². The van der Waals surface area contributed by atoms with Crippen LogP contribution in [0, 0.1) is 5.92 Å². The van der Waals surface area contributed by atoms with Crippen LogP contribution in [-0.4, -0.2) is 38.8 Å². The summed E-state index contributed by atoms with van der Waals surface area (Å²) in [6.45, 7) is 13.4. The lowest BCUT2D eigenvalue weighted by Crippen LogP contribution is -3.14. The first-order valence-corrected chi connectivity index (χ1v) is 8.96. The molecule has 0 bridgehead atoms. The van der Waals surface area contributed by atoms with Crippen molar-refractivity contribution in [2.75, 3.05) is 32.8 Å². The van der Waals surface area contributed by atoms with Gasteiger partial charge in [-0.1, -0.05) is 44.2 Å². The van der Waals surface area contributed by atoms with Crippen LogP contribution in [0.2, 0.25) is 0 Å². The molecule has 0 aromatic heterocycles. The van der Waals surface area contributed by atoms with Gasteiger partial charge in [0.15, 0.2) is 0 Å². The van der Waals surface area contributed by atoms with E-state index in [1.165, 1.54) is 0 Å². The minimum Gasteiger partial charge on any atom is -1.00 e. The Hall–Kier alpha value is -0.810. The third kappa shape index (κ3) is 10.7. The lowest BCUT2D eigenvalue weighted by molar-refractivity contribution is -0.910. The summed E-state index contributed by atoms with van der Waals surface area (Å²) in [5.41, 5.74) is 1.02. The Morgan fingerprint density at radius 2 is 1.72 bits per heavy atom. The van der Waals surface area contributed by atoms with Gasteiger partial charge in [0.25, 0.3) is 0 Å². The molecule has 0 amide bonds. The highest BCUT2D eigenvalue weighted by Crippen LogP contribution is 2.11. The fraction of sp³-hybridized carbons (Fsp3) is 0.632. The average Bonchev–Trinajstić information content (AvgIpc) is 2.55. The van der Waals surface area contributed by atoms with E-state index in [9.17, 15) is 4.79 Å². The first-order valence-electron chi connectivity index (χ1n) is 8.96. The molecule has 4 nitrogen and oxygen atoms in total. The smallest absolute Gasteiger partial charge is 0.369 e. The molecule has 25 heavy (non-hydrogen) atoms. The fourth-order valence-electron chi connectivity index (χ4n) is 2.57. The van der Waals surface area contributed by atoms with E-state index in [-0.39, 0.29) is 36.8 Å².